The van der Waals surface area contributed by atoms with Crippen molar-refractivity contribution < 1.29 is 4.79 Å². The molecular formula is C15H15N7OS. The first kappa shape index (κ1) is 17.3. The molecule has 1 aromatic carbocycles. The van der Waals surface area contributed by atoms with Crippen molar-refractivity contribution in [1.29, 1.82) is 10.8 Å². The summed E-state index contributed by atoms with van der Waals surface area (Å²) in [5, 5.41) is 18.1. The van der Waals surface area contributed by atoms with Gasteiger partial charge in [-0.2, -0.15) is 0 Å². The maximum absolute atomic E-state index is 11.3. The molecule has 0 atom stereocenters. The van der Waals surface area contributed by atoms with Crippen LogP contribution in [0.4, 0.5) is 5.69 Å². The molecule has 8 nitrogen and oxygen atoms in total. The first-order valence-electron chi connectivity index (χ1n) is 6.75. The molecule has 0 saturated heterocycles. The van der Waals surface area contributed by atoms with E-state index in [9.17, 15) is 4.79 Å². The van der Waals surface area contributed by atoms with E-state index in [-0.39, 0.29) is 11.0 Å². The molecule has 1 amide bonds. The topological polar surface area (TPSA) is 141 Å². The second-order valence-electron chi connectivity index (χ2n) is 4.49. The van der Waals surface area contributed by atoms with Crippen molar-refractivity contribution in [2.45, 2.75) is 0 Å². The van der Waals surface area contributed by atoms with E-state index in [1.54, 1.807) is 42.9 Å². The zero-order valence-corrected chi connectivity index (χ0v) is 13.6. The van der Waals surface area contributed by atoms with Gasteiger partial charge in [0.2, 0.25) is 0 Å². The number of aliphatic imine (C=N–C) groups is 1. The molecule has 2 aromatic rings. The van der Waals surface area contributed by atoms with Gasteiger partial charge in [-0.3, -0.25) is 15.6 Å². The van der Waals surface area contributed by atoms with Crippen molar-refractivity contribution in [2.75, 3.05) is 11.6 Å². The van der Waals surface area contributed by atoms with Crippen LogP contribution < -0.4 is 11.1 Å². The number of hydrogen-bond acceptors (Lipinski definition) is 6. The lowest BCUT2D eigenvalue weighted by Gasteiger charge is -2.10. The van der Waals surface area contributed by atoms with Gasteiger partial charge in [0.05, 0.1) is 0 Å². The van der Waals surface area contributed by atoms with Gasteiger partial charge in [0.25, 0.3) is 5.91 Å². The van der Waals surface area contributed by atoms with Crippen LogP contribution in [0.15, 0.2) is 47.7 Å². The van der Waals surface area contributed by atoms with E-state index in [0.717, 1.165) is 17.3 Å². The van der Waals surface area contributed by atoms with E-state index in [0.29, 0.717) is 11.5 Å². The molecule has 0 unspecified atom stereocenters. The summed E-state index contributed by atoms with van der Waals surface area (Å²) in [6.07, 6.45) is 4.94. The fraction of sp³-hybridized carbons (Fsp3) is 0.0667. The molecule has 0 fully saturated rings. The number of carbonyl (C=O) groups is 1. The maximum atomic E-state index is 11.3. The summed E-state index contributed by atoms with van der Waals surface area (Å²) < 4.78 is 0. The largest absolute Gasteiger partial charge is 0.364 e. The maximum Gasteiger partial charge on any atom is 0.270 e. The summed E-state index contributed by atoms with van der Waals surface area (Å²) in [4.78, 5) is 23.5. The van der Waals surface area contributed by atoms with E-state index < -0.39 is 11.6 Å². The second kappa shape index (κ2) is 7.97. The monoisotopic (exact) mass is 341 g/mol. The summed E-state index contributed by atoms with van der Waals surface area (Å²) >= 11 is 1.08. The lowest BCUT2D eigenvalue weighted by Crippen LogP contribution is -2.34. The van der Waals surface area contributed by atoms with Crippen LogP contribution in [-0.4, -0.2) is 38.8 Å². The molecule has 0 bridgehead atoms. The van der Waals surface area contributed by atoms with Crippen LogP contribution in [0.3, 0.4) is 0 Å². The Morgan fingerprint density at radius 3 is 2.58 bits per heavy atom. The molecule has 0 spiro atoms. The van der Waals surface area contributed by atoms with Gasteiger partial charge in [0.15, 0.2) is 22.5 Å². The van der Waals surface area contributed by atoms with Crippen molar-refractivity contribution in [3.8, 4) is 11.4 Å². The van der Waals surface area contributed by atoms with Crippen LogP contribution in [0, 0.1) is 10.8 Å². The Morgan fingerprint density at radius 1 is 1.25 bits per heavy atom. The van der Waals surface area contributed by atoms with E-state index >= 15 is 0 Å². The van der Waals surface area contributed by atoms with Crippen LogP contribution in [0.5, 0.6) is 0 Å². The Morgan fingerprint density at radius 2 is 1.96 bits per heavy atom. The average molecular weight is 341 g/mol. The number of primary amides is 1. The predicted molar refractivity (Wildman–Crippen MR) is 96.7 cm³/mol. The number of amidine groups is 2. The highest BCUT2D eigenvalue weighted by Crippen LogP contribution is 2.19. The fourth-order valence-corrected chi connectivity index (χ4v) is 1.91. The van der Waals surface area contributed by atoms with Crippen LogP contribution in [0.25, 0.3) is 11.4 Å². The highest BCUT2D eigenvalue weighted by atomic mass is 32.2. The van der Waals surface area contributed by atoms with Crippen LogP contribution in [0.1, 0.15) is 0 Å². The fourth-order valence-electron chi connectivity index (χ4n) is 1.73. The average Bonchev–Trinajstić information content (AvgIpc) is 2.61. The molecule has 1 aromatic heterocycles. The third-order valence-corrected chi connectivity index (χ3v) is 3.32. The minimum Gasteiger partial charge on any atom is -0.364 e. The molecule has 2 rings (SSSR count). The summed E-state index contributed by atoms with van der Waals surface area (Å²) in [6.45, 7) is 0. The Kier molecular flexibility index (Phi) is 5.74. The number of nitrogens with zero attached hydrogens (tertiary/aromatic N) is 3. The first-order valence-corrected chi connectivity index (χ1v) is 7.98. The highest BCUT2D eigenvalue weighted by molar-refractivity contribution is 8.13. The molecular weight excluding hydrogens is 326 g/mol. The first-order chi connectivity index (χ1) is 11.5. The van der Waals surface area contributed by atoms with Crippen molar-refractivity contribution in [3.63, 3.8) is 0 Å². The number of aromatic nitrogens is 2. The standard InChI is InChI=1S/C15H15N7OS/c1-24-15(18)22-14(11(16)12(17)23)21-10-5-2-4-9(8-10)13-19-6-3-7-20-13/h2-8,16H,1H3,(H2,17,23)(H2,18,21,22). The number of rotatable bonds is 4. The third-order valence-electron chi connectivity index (χ3n) is 2.84. The Balaban J connectivity index is 2.33. The zero-order valence-electron chi connectivity index (χ0n) is 12.8. The molecule has 9 heteroatoms. The molecule has 0 aliphatic carbocycles. The lowest BCUT2D eigenvalue weighted by molar-refractivity contribution is -0.111. The molecule has 0 radical (unpaired) electrons. The van der Waals surface area contributed by atoms with Crippen molar-refractivity contribution in [3.05, 3.63) is 42.7 Å². The van der Waals surface area contributed by atoms with E-state index in [4.69, 9.17) is 16.6 Å². The Labute approximate surface area is 142 Å². The summed E-state index contributed by atoms with van der Waals surface area (Å²) in [7, 11) is 0. The number of carbonyl (C=O) groups excluding carboxylic acids is 1. The van der Waals surface area contributed by atoms with Crippen LogP contribution in [-0.2, 0) is 4.79 Å². The molecule has 1 heterocycles. The normalized spacial score (nSPS) is 11.0. The predicted octanol–water partition coefficient (Wildman–Crippen LogP) is 1.76. The van der Waals surface area contributed by atoms with Crippen molar-refractivity contribution in [2.24, 2.45) is 10.7 Å². The number of nitrogens with one attached hydrogen (secondary N) is 3. The second-order valence-corrected chi connectivity index (χ2v) is 5.28. The third kappa shape index (κ3) is 4.46. The molecule has 24 heavy (non-hydrogen) atoms. The van der Waals surface area contributed by atoms with Crippen LogP contribution in [0.2, 0.25) is 0 Å². The molecule has 0 saturated carbocycles. The van der Waals surface area contributed by atoms with Gasteiger partial charge in [-0.05, 0) is 24.5 Å². The van der Waals surface area contributed by atoms with Gasteiger partial charge in [0.1, 0.15) is 0 Å². The van der Waals surface area contributed by atoms with Crippen molar-refractivity contribution >= 4 is 40.1 Å². The highest BCUT2D eigenvalue weighted by Gasteiger charge is 2.15. The zero-order chi connectivity index (χ0) is 17.5. The molecule has 0 aliphatic heterocycles. The summed E-state index contributed by atoms with van der Waals surface area (Å²) in [5.41, 5.74) is 5.97. The van der Waals surface area contributed by atoms with Gasteiger partial charge in [-0.15, -0.1) is 0 Å². The smallest absolute Gasteiger partial charge is 0.270 e. The van der Waals surface area contributed by atoms with Crippen LogP contribution >= 0.6 is 11.8 Å². The molecule has 0 aliphatic rings. The van der Waals surface area contributed by atoms with Crippen molar-refractivity contribution in [1.82, 2.24) is 9.97 Å². The Hall–Kier alpha value is -3.07. The minimum atomic E-state index is -0.933. The lowest BCUT2D eigenvalue weighted by atomic mass is 10.2. The van der Waals surface area contributed by atoms with Gasteiger partial charge in [-0.1, -0.05) is 23.9 Å². The number of hydrogen-bond donors (Lipinski definition) is 4. The SMILES string of the molecule is CSC(=N)/N=C(/Nc1cccc(-c2ncccn2)c1)C(=N)C(N)=O. The molecule has 5 N–H and O–H groups in total. The summed E-state index contributed by atoms with van der Waals surface area (Å²) in [6, 6.07) is 8.82. The van der Waals surface area contributed by atoms with E-state index in [1.807, 2.05) is 6.07 Å². The van der Waals surface area contributed by atoms with Gasteiger partial charge in [0, 0.05) is 23.6 Å². The van der Waals surface area contributed by atoms with E-state index in [1.165, 1.54) is 0 Å². The quantitative estimate of drug-likeness (QED) is 0.495. The number of thioether (sulfide) groups is 1. The number of amides is 1. The Bertz CT molecular complexity index is 804. The van der Waals surface area contributed by atoms with E-state index in [2.05, 4.69) is 20.3 Å². The van der Waals surface area contributed by atoms with Gasteiger partial charge >= 0.3 is 0 Å². The number of anilines is 1. The number of benzene rings is 1. The van der Waals surface area contributed by atoms with Gasteiger partial charge in [-0.25, -0.2) is 15.0 Å². The van der Waals surface area contributed by atoms with Gasteiger partial charge < -0.3 is 11.1 Å². The summed E-state index contributed by atoms with van der Waals surface area (Å²) in [5.74, 6) is -0.479. The minimum absolute atomic E-state index is 0.0500. The molecule has 122 valence electrons. The number of nitrogens with two attached hydrogens (primary N) is 1.